The van der Waals surface area contributed by atoms with Crippen LogP contribution in [0, 0.1) is 0 Å². The van der Waals surface area contributed by atoms with Crippen molar-refractivity contribution >= 4 is 5.91 Å². The van der Waals surface area contributed by atoms with Crippen molar-refractivity contribution in [1.29, 1.82) is 0 Å². The number of benzene rings is 2. The number of tetrazole rings is 1. The monoisotopic (exact) mass is 371 g/mol. The molecule has 3 heterocycles. The molecular formula is C21H17N5O2. The maximum absolute atomic E-state index is 13.1. The first-order valence-corrected chi connectivity index (χ1v) is 9.03. The van der Waals surface area contributed by atoms with E-state index in [9.17, 15) is 4.79 Å². The second-order valence-electron chi connectivity index (χ2n) is 6.68. The molecule has 1 aliphatic rings. The average Bonchev–Trinajstić information content (AvgIpc) is 3.45. The first kappa shape index (κ1) is 16.4. The number of aromatic nitrogens is 4. The lowest BCUT2D eigenvalue weighted by Crippen LogP contribution is -2.30. The third-order valence-electron chi connectivity index (χ3n) is 4.94. The maximum atomic E-state index is 13.1. The van der Waals surface area contributed by atoms with Crippen molar-refractivity contribution in [3.8, 4) is 0 Å². The van der Waals surface area contributed by atoms with Gasteiger partial charge >= 0.3 is 0 Å². The molecule has 0 aliphatic carbocycles. The van der Waals surface area contributed by atoms with E-state index in [1.54, 1.807) is 15.8 Å². The Labute approximate surface area is 161 Å². The van der Waals surface area contributed by atoms with Gasteiger partial charge in [0.05, 0.1) is 19.4 Å². The van der Waals surface area contributed by atoms with Gasteiger partial charge in [-0.25, -0.2) is 4.68 Å². The van der Waals surface area contributed by atoms with Crippen LogP contribution in [0.4, 0.5) is 0 Å². The van der Waals surface area contributed by atoms with E-state index in [2.05, 4.69) is 15.5 Å². The lowest BCUT2D eigenvalue weighted by Gasteiger charge is -2.23. The van der Waals surface area contributed by atoms with Crippen LogP contribution < -0.4 is 0 Å². The Morgan fingerprint density at radius 2 is 1.75 bits per heavy atom. The SMILES string of the molecule is O=C1c2ccccc2C(c2nnnn2Cc2ccccc2)N1Cc1ccco1. The number of amides is 1. The van der Waals surface area contributed by atoms with Crippen molar-refractivity contribution in [2.45, 2.75) is 19.1 Å². The summed E-state index contributed by atoms with van der Waals surface area (Å²) < 4.78 is 7.24. The Bertz CT molecular complexity index is 1100. The van der Waals surface area contributed by atoms with Gasteiger partial charge in [-0.15, -0.1) is 5.10 Å². The summed E-state index contributed by atoms with van der Waals surface area (Å²) in [7, 11) is 0. The molecule has 1 aliphatic heterocycles. The van der Waals surface area contributed by atoms with E-state index < -0.39 is 0 Å². The second kappa shape index (κ2) is 6.77. The Hall–Kier alpha value is -3.74. The molecule has 0 saturated heterocycles. The van der Waals surface area contributed by atoms with Crippen LogP contribution in [0.2, 0.25) is 0 Å². The fraction of sp³-hybridized carbons (Fsp3) is 0.143. The minimum atomic E-state index is -0.368. The van der Waals surface area contributed by atoms with Crippen molar-refractivity contribution in [2.24, 2.45) is 0 Å². The molecule has 138 valence electrons. The van der Waals surface area contributed by atoms with E-state index >= 15 is 0 Å². The van der Waals surface area contributed by atoms with Gasteiger partial charge in [0.15, 0.2) is 5.82 Å². The topological polar surface area (TPSA) is 77.1 Å². The molecule has 0 spiro atoms. The van der Waals surface area contributed by atoms with Crippen LogP contribution in [0.3, 0.4) is 0 Å². The number of carbonyl (C=O) groups is 1. The summed E-state index contributed by atoms with van der Waals surface area (Å²) in [6.45, 7) is 0.883. The molecule has 4 aromatic rings. The first-order valence-electron chi connectivity index (χ1n) is 9.03. The summed E-state index contributed by atoms with van der Waals surface area (Å²) in [6, 6.07) is 20.9. The number of furan rings is 1. The van der Waals surface area contributed by atoms with Crippen LogP contribution in [0.1, 0.15) is 39.1 Å². The van der Waals surface area contributed by atoms with E-state index in [1.165, 1.54) is 0 Å². The predicted molar refractivity (Wildman–Crippen MR) is 100 cm³/mol. The van der Waals surface area contributed by atoms with Gasteiger partial charge < -0.3 is 9.32 Å². The van der Waals surface area contributed by atoms with Crippen LogP contribution in [0.25, 0.3) is 0 Å². The highest BCUT2D eigenvalue weighted by molar-refractivity contribution is 5.99. The number of nitrogens with zero attached hydrogens (tertiary/aromatic N) is 5. The van der Waals surface area contributed by atoms with Crippen LogP contribution in [0.15, 0.2) is 77.4 Å². The summed E-state index contributed by atoms with van der Waals surface area (Å²) in [4.78, 5) is 14.9. The zero-order valence-electron chi connectivity index (χ0n) is 15.0. The van der Waals surface area contributed by atoms with Crippen LogP contribution >= 0.6 is 0 Å². The van der Waals surface area contributed by atoms with E-state index in [0.29, 0.717) is 30.2 Å². The fourth-order valence-electron chi connectivity index (χ4n) is 3.66. The number of carbonyl (C=O) groups excluding carboxylic acids is 1. The fourth-order valence-corrected chi connectivity index (χ4v) is 3.66. The van der Waals surface area contributed by atoms with Gasteiger partial charge in [0, 0.05) is 5.56 Å². The minimum absolute atomic E-state index is 0.0498. The Morgan fingerprint density at radius 1 is 0.929 bits per heavy atom. The van der Waals surface area contributed by atoms with Crippen molar-refractivity contribution in [3.63, 3.8) is 0 Å². The second-order valence-corrected chi connectivity index (χ2v) is 6.68. The van der Waals surface area contributed by atoms with Crippen LogP contribution in [-0.2, 0) is 13.1 Å². The lowest BCUT2D eigenvalue weighted by molar-refractivity contribution is 0.0714. The largest absolute Gasteiger partial charge is 0.467 e. The first-order chi connectivity index (χ1) is 13.8. The summed E-state index contributed by atoms with van der Waals surface area (Å²) in [5, 5.41) is 12.4. The molecule has 7 nitrogen and oxygen atoms in total. The van der Waals surface area contributed by atoms with E-state index in [4.69, 9.17) is 4.42 Å². The molecule has 1 unspecified atom stereocenters. The number of hydrogen-bond acceptors (Lipinski definition) is 5. The third-order valence-corrected chi connectivity index (χ3v) is 4.94. The molecule has 0 N–H and O–H groups in total. The molecule has 1 amide bonds. The van der Waals surface area contributed by atoms with E-state index in [-0.39, 0.29) is 11.9 Å². The summed E-state index contributed by atoms with van der Waals surface area (Å²) in [5.41, 5.74) is 2.67. The normalized spacial score (nSPS) is 15.8. The third kappa shape index (κ3) is 2.77. The van der Waals surface area contributed by atoms with Gasteiger partial charge in [0.1, 0.15) is 11.8 Å². The van der Waals surface area contributed by atoms with Crippen LogP contribution in [0.5, 0.6) is 0 Å². The average molecular weight is 371 g/mol. The number of fused-ring (bicyclic) bond motifs is 1. The summed E-state index contributed by atoms with van der Waals surface area (Å²) in [5.74, 6) is 1.30. The number of rotatable bonds is 5. The molecule has 1 atom stereocenters. The zero-order chi connectivity index (χ0) is 18.9. The molecule has 0 bridgehead atoms. The van der Waals surface area contributed by atoms with Crippen molar-refractivity contribution in [3.05, 3.63) is 101 Å². The standard InChI is InChI=1S/C21H17N5O2/c27-21-18-11-5-4-10-17(18)19(25(21)14-16-9-6-12-28-16)20-22-23-24-26(20)13-15-7-2-1-3-8-15/h1-12,19H,13-14H2. The zero-order valence-corrected chi connectivity index (χ0v) is 15.0. The van der Waals surface area contributed by atoms with Gasteiger partial charge in [-0.05, 0) is 39.8 Å². The van der Waals surface area contributed by atoms with E-state index in [0.717, 1.165) is 11.1 Å². The van der Waals surface area contributed by atoms with Crippen molar-refractivity contribution < 1.29 is 9.21 Å². The molecule has 28 heavy (non-hydrogen) atoms. The lowest BCUT2D eigenvalue weighted by atomic mass is 10.0. The molecule has 0 fully saturated rings. The molecule has 0 saturated carbocycles. The predicted octanol–water partition coefficient (Wildman–Crippen LogP) is 3.06. The van der Waals surface area contributed by atoms with Crippen molar-refractivity contribution in [2.75, 3.05) is 0 Å². The van der Waals surface area contributed by atoms with Gasteiger partial charge in [0.2, 0.25) is 0 Å². The molecule has 5 rings (SSSR count). The highest BCUT2D eigenvalue weighted by atomic mass is 16.3. The Morgan fingerprint density at radius 3 is 2.57 bits per heavy atom. The summed E-state index contributed by atoms with van der Waals surface area (Å²) in [6.07, 6.45) is 1.61. The number of hydrogen-bond donors (Lipinski definition) is 0. The molecule has 7 heteroatoms. The molecule has 2 aromatic carbocycles. The molecular weight excluding hydrogens is 354 g/mol. The smallest absolute Gasteiger partial charge is 0.255 e. The molecule has 0 radical (unpaired) electrons. The van der Waals surface area contributed by atoms with Crippen LogP contribution in [-0.4, -0.2) is 31.0 Å². The maximum Gasteiger partial charge on any atom is 0.255 e. The van der Waals surface area contributed by atoms with E-state index in [1.807, 2.05) is 66.7 Å². The summed E-state index contributed by atoms with van der Waals surface area (Å²) >= 11 is 0. The Balaban J connectivity index is 1.56. The highest BCUT2D eigenvalue weighted by Gasteiger charge is 2.40. The van der Waals surface area contributed by atoms with Gasteiger partial charge in [-0.2, -0.15) is 0 Å². The molecule has 2 aromatic heterocycles. The highest BCUT2D eigenvalue weighted by Crippen LogP contribution is 2.38. The van der Waals surface area contributed by atoms with Gasteiger partial charge in [0.25, 0.3) is 5.91 Å². The van der Waals surface area contributed by atoms with Gasteiger partial charge in [-0.1, -0.05) is 48.5 Å². The minimum Gasteiger partial charge on any atom is -0.467 e. The quantitative estimate of drug-likeness (QED) is 0.539. The Kier molecular flexibility index (Phi) is 3.97. The van der Waals surface area contributed by atoms with Gasteiger partial charge in [-0.3, -0.25) is 4.79 Å². The van der Waals surface area contributed by atoms with Crippen molar-refractivity contribution in [1.82, 2.24) is 25.1 Å².